The first-order chi connectivity index (χ1) is 10.5. The van der Waals surface area contributed by atoms with E-state index in [-0.39, 0.29) is 5.78 Å². The number of rotatable bonds is 5. The zero-order valence-electron chi connectivity index (χ0n) is 12.3. The largest absolute Gasteiger partial charge is 0.378 e. The maximum absolute atomic E-state index is 12.4. The van der Waals surface area contributed by atoms with Crippen LogP contribution >= 0.6 is 0 Å². The van der Waals surface area contributed by atoms with Gasteiger partial charge < -0.3 is 9.88 Å². The summed E-state index contributed by atoms with van der Waals surface area (Å²) in [4.78, 5) is 28.1. The first-order valence-electron chi connectivity index (χ1n) is 6.64. The molecule has 0 radical (unpaired) electrons. The standard InChI is InChI=1S/C16H17N3O3/c1-19(2)14-6-3-11(4-7-14)16(21)12-9-13(17-10-12)5-8-15(20)18-22/h3-10,17,22H,1-2H3,(H,18,20)/b8-5+. The molecule has 3 N–H and O–H groups in total. The van der Waals surface area contributed by atoms with E-state index in [9.17, 15) is 9.59 Å². The van der Waals surface area contributed by atoms with Gasteiger partial charge in [-0.05, 0) is 36.4 Å². The Labute approximate surface area is 128 Å². The fourth-order valence-corrected chi connectivity index (χ4v) is 1.92. The molecule has 2 rings (SSSR count). The number of aromatic amines is 1. The molecule has 0 aliphatic rings. The van der Waals surface area contributed by atoms with Crippen molar-refractivity contribution in [2.24, 2.45) is 0 Å². The molecule has 0 fully saturated rings. The number of hydrogen-bond donors (Lipinski definition) is 3. The highest BCUT2D eigenvalue weighted by Crippen LogP contribution is 2.16. The van der Waals surface area contributed by atoms with E-state index in [4.69, 9.17) is 5.21 Å². The molecule has 0 aliphatic carbocycles. The van der Waals surface area contributed by atoms with E-state index in [0.717, 1.165) is 11.8 Å². The lowest BCUT2D eigenvalue weighted by molar-refractivity contribution is -0.124. The molecule has 114 valence electrons. The predicted molar refractivity (Wildman–Crippen MR) is 84.0 cm³/mol. The molecule has 0 unspecified atom stereocenters. The van der Waals surface area contributed by atoms with Crippen LogP contribution in [0.15, 0.2) is 42.6 Å². The van der Waals surface area contributed by atoms with E-state index in [1.807, 2.05) is 31.1 Å². The Morgan fingerprint density at radius 3 is 2.45 bits per heavy atom. The maximum atomic E-state index is 12.4. The molecule has 1 amide bonds. The van der Waals surface area contributed by atoms with Crippen molar-refractivity contribution in [3.05, 3.63) is 59.4 Å². The molecule has 1 heterocycles. The van der Waals surface area contributed by atoms with Crippen LogP contribution in [0.4, 0.5) is 5.69 Å². The molecule has 1 aromatic heterocycles. The minimum atomic E-state index is -0.637. The number of carbonyl (C=O) groups excluding carboxylic acids is 2. The Balaban J connectivity index is 2.14. The van der Waals surface area contributed by atoms with Crippen molar-refractivity contribution in [3.63, 3.8) is 0 Å². The van der Waals surface area contributed by atoms with Crippen LogP contribution in [0.5, 0.6) is 0 Å². The highest BCUT2D eigenvalue weighted by Gasteiger charge is 2.11. The molecule has 0 spiro atoms. The Morgan fingerprint density at radius 1 is 1.18 bits per heavy atom. The number of nitrogens with one attached hydrogen (secondary N) is 2. The number of aromatic nitrogens is 1. The first kappa shape index (κ1) is 15.5. The van der Waals surface area contributed by atoms with Crippen molar-refractivity contribution in [3.8, 4) is 0 Å². The minimum Gasteiger partial charge on any atom is -0.378 e. The van der Waals surface area contributed by atoms with Gasteiger partial charge >= 0.3 is 0 Å². The summed E-state index contributed by atoms with van der Waals surface area (Å²) < 4.78 is 0. The topological polar surface area (TPSA) is 85.4 Å². The number of H-pyrrole nitrogens is 1. The van der Waals surface area contributed by atoms with Crippen LogP contribution in [0.3, 0.4) is 0 Å². The summed E-state index contributed by atoms with van der Waals surface area (Å²) in [7, 11) is 3.87. The number of amides is 1. The molecular weight excluding hydrogens is 282 g/mol. The third-order valence-electron chi connectivity index (χ3n) is 3.14. The Bertz CT molecular complexity index is 700. The zero-order chi connectivity index (χ0) is 16.1. The van der Waals surface area contributed by atoms with Gasteiger partial charge in [0.05, 0.1) is 0 Å². The molecular formula is C16H17N3O3. The molecule has 2 aromatic rings. The Morgan fingerprint density at radius 2 is 1.86 bits per heavy atom. The highest BCUT2D eigenvalue weighted by molar-refractivity contribution is 6.09. The lowest BCUT2D eigenvalue weighted by atomic mass is 10.1. The van der Waals surface area contributed by atoms with Gasteiger partial charge in [0.25, 0.3) is 5.91 Å². The molecule has 1 aromatic carbocycles. The van der Waals surface area contributed by atoms with E-state index in [0.29, 0.717) is 16.8 Å². The second-order valence-electron chi connectivity index (χ2n) is 4.92. The number of nitrogens with zero attached hydrogens (tertiary/aromatic N) is 1. The lowest BCUT2D eigenvalue weighted by Crippen LogP contribution is -2.14. The van der Waals surface area contributed by atoms with E-state index >= 15 is 0 Å². The summed E-state index contributed by atoms with van der Waals surface area (Å²) >= 11 is 0. The van der Waals surface area contributed by atoms with Crippen LogP contribution in [0.2, 0.25) is 0 Å². The van der Waals surface area contributed by atoms with Gasteiger partial charge in [0, 0.05) is 48.9 Å². The van der Waals surface area contributed by atoms with Crippen molar-refractivity contribution < 1.29 is 14.8 Å². The number of carbonyl (C=O) groups is 2. The second-order valence-corrected chi connectivity index (χ2v) is 4.92. The van der Waals surface area contributed by atoms with E-state index < -0.39 is 5.91 Å². The van der Waals surface area contributed by atoms with Crippen molar-refractivity contribution in [2.45, 2.75) is 0 Å². The van der Waals surface area contributed by atoms with Gasteiger partial charge in [0.2, 0.25) is 0 Å². The number of ketones is 1. The van der Waals surface area contributed by atoms with Gasteiger partial charge in [-0.2, -0.15) is 0 Å². The lowest BCUT2D eigenvalue weighted by Gasteiger charge is -2.12. The quantitative estimate of drug-likeness (QED) is 0.340. The van der Waals surface area contributed by atoms with Crippen LogP contribution in [0.1, 0.15) is 21.6 Å². The minimum absolute atomic E-state index is 0.104. The summed E-state index contributed by atoms with van der Waals surface area (Å²) in [5.74, 6) is -0.741. The molecule has 0 saturated carbocycles. The van der Waals surface area contributed by atoms with Crippen molar-refractivity contribution in [1.29, 1.82) is 0 Å². The van der Waals surface area contributed by atoms with Crippen LogP contribution in [-0.4, -0.2) is 36.0 Å². The van der Waals surface area contributed by atoms with Gasteiger partial charge in [-0.3, -0.25) is 14.8 Å². The summed E-state index contributed by atoms with van der Waals surface area (Å²) in [5, 5.41) is 8.40. The van der Waals surface area contributed by atoms with Gasteiger partial charge in [-0.15, -0.1) is 0 Å². The highest BCUT2D eigenvalue weighted by atomic mass is 16.5. The first-order valence-corrected chi connectivity index (χ1v) is 6.64. The van der Waals surface area contributed by atoms with Crippen LogP contribution in [-0.2, 0) is 4.79 Å². The summed E-state index contributed by atoms with van der Waals surface area (Å²) in [6.45, 7) is 0. The SMILES string of the molecule is CN(C)c1ccc(C(=O)c2c[nH]c(/C=C/C(=O)NO)c2)cc1. The van der Waals surface area contributed by atoms with Gasteiger partial charge in [0.1, 0.15) is 0 Å². The molecule has 6 heteroatoms. The summed E-state index contributed by atoms with van der Waals surface area (Å²) in [6, 6.07) is 8.96. The van der Waals surface area contributed by atoms with E-state index in [2.05, 4.69) is 4.98 Å². The predicted octanol–water partition coefficient (Wildman–Crippen LogP) is 1.83. The number of hydrogen-bond acceptors (Lipinski definition) is 4. The number of benzene rings is 1. The Kier molecular flexibility index (Phi) is 4.75. The molecule has 0 atom stereocenters. The maximum Gasteiger partial charge on any atom is 0.267 e. The number of anilines is 1. The van der Waals surface area contributed by atoms with Gasteiger partial charge in [0.15, 0.2) is 5.78 Å². The average Bonchev–Trinajstić information content (AvgIpc) is 3.00. The molecule has 0 aliphatic heterocycles. The normalized spacial score (nSPS) is 10.7. The van der Waals surface area contributed by atoms with Crippen LogP contribution in [0.25, 0.3) is 6.08 Å². The smallest absolute Gasteiger partial charge is 0.267 e. The zero-order valence-corrected chi connectivity index (χ0v) is 12.3. The van der Waals surface area contributed by atoms with Gasteiger partial charge in [-0.1, -0.05) is 0 Å². The molecule has 0 bridgehead atoms. The molecule has 22 heavy (non-hydrogen) atoms. The third kappa shape index (κ3) is 3.62. The fourth-order valence-electron chi connectivity index (χ4n) is 1.92. The van der Waals surface area contributed by atoms with Crippen LogP contribution in [0, 0.1) is 0 Å². The van der Waals surface area contributed by atoms with E-state index in [1.165, 1.54) is 11.6 Å². The number of hydroxylamine groups is 1. The van der Waals surface area contributed by atoms with Crippen LogP contribution < -0.4 is 10.4 Å². The Hall–Kier alpha value is -2.86. The summed E-state index contributed by atoms with van der Waals surface area (Å²) in [6.07, 6.45) is 4.21. The third-order valence-corrected chi connectivity index (χ3v) is 3.14. The summed E-state index contributed by atoms with van der Waals surface area (Å²) in [5.41, 5.74) is 4.20. The monoisotopic (exact) mass is 299 g/mol. The fraction of sp³-hybridized carbons (Fsp3) is 0.125. The van der Waals surface area contributed by atoms with Crippen molar-refractivity contribution >= 4 is 23.5 Å². The molecule has 6 nitrogen and oxygen atoms in total. The van der Waals surface area contributed by atoms with E-state index in [1.54, 1.807) is 24.4 Å². The molecule has 0 saturated heterocycles. The second kappa shape index (κ2) is 6.73. The van der Waals surface area contributed by atoms with Gasteiger partial charge in [-0.25, -0.2) is 5.48 Å². The average molecular weight is 299 g/mol. The van der Waals surface area contributed by atoms with Crippen molar-refractivity contribution in [2.75, 3.05) is 19.0 Å². The van der Waals surface area contributed by atoms with Crippen molar-refractivity contribution in [1.82, 2.24) is 10.5 Å².